The SMILES string of the molecule is CCCCCC1CCC(C2CCC(c3ccc(C4CCC(c5ccc(CCC)cc5)CC4)c(F)c3)CC2)CC1. The molecule has 3 saturated carbocycles. The minimum absolute atomic E-state index is 0.0726. The van der Waals surface area contributed by atoms with Crippen molar-refractivity contribution < 1.29 is 4.39 Å². The van der Waals surface area contributed by atoms with Gasteiger partial charge in [-0.3, -0.25) is 0 Å². The van der Waals surface area contributed by atoms with E-state index >= 15 is 4.39 Å². The van der Waals surface area contributed by atoms with E-state index in [1.165, 1.54) is 119 Å². The molecule has 39 heavy (non-hydrogen) atoms. The Morgan fingerprint density at radius 1 is 0.590 bits per heavy atom. The van der Waals surface area contributed by atoms with Crippen molar-refractivity contribution in [2.75, 3.05) is 0 Å². The zero-order chi connectivity index (χ0) is 27.0. The zero-order valence-corrected chi connectivity index (χ0v) is 25.1. The summed E-state index contributed by atoms with van der Waals surface area (Å²) in [7, 11) is 0. The lowest BCUT2D eigenvalue weighted by Crippen LogP contribution is -2.25. The van der Waals surface area contributed by atoms with E-state index in [9.17, 15) is 0 Å². The van der Waals surface area contributed by atoms with Gasteiger partial charge in [0.2, 0.25) is 0 Å². The van der Waals surface area contributed by atoms with Crippen LogP contribution >= 0.6 is 0 Å². The van der Waals surface area contributed by atoms with Crippen LogP contribution in [0.3, 0.4) is 0 Å². The predicted octanol–water partition coefficient (Wildman–Crippen LogP) is 11.9. The Balaban J connectivity index is 1.08. The molecule has 3 aliphatic carbocycles. The molecule has 0 atom stereocenters. The van der Waals surface area contributed by atoms with Gasteiger partial charge < -0.3 is 0 Å². The highest BCUT2D eigenvalue weighted by Gasteiger charge is 2.32. The Labute approximate surface area is 239 Å². The molecule has 0 nitrogen and oxygen atoms in total. The predicted molar refractivity (Wildman–Crippen MR) is 165 cm³/mol. The molecule has 0 heterocycles. The van der Waals surface area contributed by atoms with Crippen molar-refractivity contribution in [3.63, 3.8) is 0 Å². The average molecular weight is 531 g/mol. The number of unbranched alkanes of at least 4 members (excludes halogenated alkanes) is 2. The monoisotopic (exact) mass is 530 g/mol. The van der Waals surface area contributed by atoms with E-state index in [0.29, 0.717) is 17.8 Å². The molecular formula is C38H55F. The standard InChI is InChI=1S/C38H55F/c1-3-5-6-8-29-11-15-31(16-12-29)32-17-19-34(20-18-32)36-25-26-37(38(39)27-36)35-23-21-33(22-24-35)30-13-9-28(7-4-2)10-14-30/h9-10,13-14,25-27,29,31-35H,3-8,11-12,15-24H2,1-2H3. The first-order chi connectivity index (χ1) is 19.1. The van der Waals surface area contributed by atoms with Crippen LogP contribution in [-0.4, -0.2) is 0 Å². The van der Waals surface area contributed by atoms with E-state index in [0.717, 1.165) is 36.2 Å². The molecule has 0 radical (unpaired) electrons. The van der Waals surface area contributed by atoms with Crippen LogP contribution in [0.2, 0.25) is 0 Å². The fourth-order valence-electron chi connectivity index (χ4n) is 8.67. The van der Waals surface area contributed by atoms with Gasteiger partial charge in [0.25, 0.3) is 0 Å². The van der Waals surface area contributed by atoms with Crippen molar-refractivity contribution in [3.8, 4) is 0 Å². The molecule has 3 aliphatic rings. The van der Waals surface area contributed by atoms with Crippen LogP contribution in [-0.2, 0) is 6.42 Å². The molecule has 0 saturated heterocycles. The van der Waals surface area contributed by atoms with Crippen LogP contribution in [0.15, 0.2) is 42.5 Å². The smallest absolute Gasteiger partial charge is 0.126 e. The molecule has 5 rings (SSSR count). The minimum Gasteiger partial charge on any atom is -0.207 e. The molecule has 0 N–H and O–H groups in total. The van der Waals surface area contributed by atoms with E-state index in [1.807, 2.05) is 6.07 Å². The van der Waals surface area contributed by atoms with E-state index < -0.39 is 0 Å². The lowest BCUT2D eigenvalue weighted by Gasteiger charge is -2.38. The Kier molecular flexibility index (Phi) is 10.6. The number of hydrogen-bond acceptors (Lipinski definition) is 0. The summed E-state index contributed by atoms with van der Waals surface area (Å²) in [6.45, 7) is 4.56. The Hall–Kier alpha value is -1.63. The third kappa shape index (κ3) is 7.56. The van der Waals surface area contributed by atoms with Crippen molar-refractivity contribution in [3.05, 3.63) is 70.5 Å². The molecule has 0 spiro atoms. The Morgan fingerprint density at radius 2 is 1.15 bits per heavy atom. The second-order valence-electron chi connectivity index (χ2n) is 13.7. The molecule has 3 fully saturated rings. The molecule has 1 heteroatoms. The first-order valence-electron chi connectivity index (χ1n) is 17.0. The largest absolute Gasteiger partial charge is 0.207 e. The van der Waals surface area contributed by atoms with Crippen LogP contribution in [0, 0.1) is 23.6 Å². The number of aryl methyl sites for hydroxylation is 1. The van der Waals surface area contributed by atoms with Gasteiger partial charge in [0.05, 0.1) is 0 Å². The van der Waals surface area contributed by atoms with Crippen molar-refractivity contribution >= 4 is 0 Å². The summed E-state index contributed by atoms with van der Waals surface area (Å²) in [4.78, 5) is 0. The molecule has 0 aromatic heterocycles. The van der Waals surface area contributed by atoms with Crippen molar-refractivity contribution in [1.29, 1.82) is 0 Å². The summed E-state index contributed by atoms with van der Waals surface area (Å²) >= 11 is 0. The van der Waals surface area contributed by atoms with Gasteiger partial charge in [-0.2, -0.15) is 0 Å². The fourth-order valence-corrected chi connectivity index (χ4v) is 8.67. The van der Waals surface area contributed by atoms with Crippen LogP contribution < -0.4 is 0 Å². The Bertz CT molecular complexity index is 982. The molecule has 0 aliphatic heterocycles. The van der Waals surface area contributed by atoms with Crippen molar-refractivity contribution in [2.24, 2.45) is 17.8 Å². The van der Waals surface area contributed by atoms with Gasteiger partial charge in [0.1, 0.15) is 5.82 Å². The molecule has 2 aromatic carbocycles. The summed E-state index contributed by atoms with van der Waals surface area (Å²) in [6, 6.07) is 15.7. The maximum Gasteiger partial charge on any atom is 0.126 e. The maximum atomic E-state index is 15.4. The molecule has 0 amide bonds. The third-order valence-electron chi connectivity index (χ3n) is 11.2. The average Bonchev–Trinajstić information content (AvgIpc) is 2.98. The topological polar surface area (TPSA) is 0 Å². The number of hydrogen-bond donors (Lipinski definition) is 0. The third-order valence-corrected chi connectivity index (χ3v) is 11.2. The molecule has 0 unspecified atom stereocenters. The summed E-state index contributed by atoms with van der Waals surface area (Å²) in [5.41, 5.74) is 5.20. The van der Waals surface area contributed by atoms with Gasteiger partial charge in [0.15, 0.2) is 0 Å². The van der Waals surface area contributed by atoms with E-state index in [1.54, 1.807) is 0 Å². The molecule has 2 aromatic rings. The van der Waals surface area contributed by atoms with Crippen molar-refractivity contribution in [2.45, 2.75) is 147 Å². The first-order valence-corrected chi connectivity index (χ1v) is 17.0. The highest BCUT2D eigenvalue weighted by atomic mass is 19.1. The quantitative estimate of drug-likeness (QED) is 0.268. The van der Waals surface area contributed by atoms with Crippen molar-refractivity contribution in [1.82, 2.24) is 0 Å². The molecule has 214 valence electrons. The number of halogens is 1. The van der Waals surface area contributed by atoms with E-state index in [2.05, 4.69) is 50.2 Å². The van der Waals surface area contributed by atoms with E-state index in [4.69, 9.17) is 0 Å². The number of benzene rings is 2. The highest BCUT2D eigenvalue weighted by molar-refractivity contribution is 5.31. The minimum atomic E-state index is 0.0726. The second-order valence-corrected chi connectivity index (χ2v) is 13.7. The zero-order valence-electron chi connectivity index (χ0n) is 25.1. The van der Waals surface area contributed by atoms with E-state index in [-0.39, 0.29) is 5.82 Å². The Morgan fingerprint density at radius 3 is 1.77 bits per heavy atom. The molecule has 0 bridgehead atoms. The van der Waals surface area contributed by atoms with Crippen LogP contribution in [0.25, 0.3) is 0 Å². The lowest BCUT2D eigenvalue weighted by molar-refractivity contribution is 0.155. The summed E-state index contributed by atoms with van der Waals surface area (Å²) < 4.78 is 15.4. The summed E-state index contributed by atoms with van der Waals surface area (Å²) in [5, 5.41) is 0. The summed E-state index contributed by atoms with van der Waals surface area (Å²) in [5.74, 6) is 4.59. The first kappa shape index (κ1) is 28.9. The van der Waals surface area contributed by atoms with Gasteiger partial charge in [0, 0.05) is 0 Å². The van der Waals surface area contributed by atoms with Gasteiger partial charge in [-0.05, 0) is 134 Å². The van der Waals surface area contributed by atoms with Gasteiger partial charge in [-0.1, -0.05) is 95.2 Å². The van der Waals surface area contributed by atoms with Crippen LogP contribution in [0.4, 0.5) is 4.39 Å². The van der Waals surface area contributed by atoms with Crippen LogP contribution in [0.1, 0.15) is 163 Å². The number of rotatable bonds is 10. The van der Waals surface area contributed by atoms with Crippen LogP contribution in [0.5, 0.6) is 0 Å². The molecular weight excluding hydrogens is 475 g/mol. The fraction of sp³-hybridized carbons (Fsp3) is 0.684. The van der Waals surface area contributed by atoms with Gasteiger partial charge >= 0.3 is 0 Å². The highest BCUT2D eigenvalue weighted by Crippen LogP contribution is 2.46. The maximum absolute atomic E-state index is 15.4. The summed E-state index contributed by atoms with van der Waals surface area (Å²) in [6.07, 6.45) is 23.8. The van der Waals surface area contributed by atoms with Gasteiger partial charge in [-0.25, -0.2) is 4.39 Å². The normalized spacial score (nSPS) is 29.8. The lowest BCUT2D eigenvalue weighted by atomic mass is 9.68. The second kappa shape index (κ2) is 14.3. The van der Waals surface area contributed by atoms with Gasteiger partial charge in [-0.15, -0.1) is 0 Å².